The molecule has 2 heterocycles. The van der Waals surface area contributed by atoms with Gasteiger partial charge in [0.05, 0.1) is 6.04 Å². The quantitative estimate of drug-likeness (QED) is 0.878. The first-order chi connectivity index (χ1) is 10.9. The highest BCUT2D eigenvalue weighted by atomic mass is 32.2. The average Bonchev–Trinajstić information content (AvgIpc) is 3.10. The summed E-state index contributed by atoms with van der Waals surface area (Å²) in [7, 11) is 1.89. The fourth-order valence-electron chi connectivity index (χ4n) is 3.32. The number of carbonyl (C=O) groups excluding carboxylic acids is 1. The van der Waals surface area contributed by atoms with E-state index in [2.05, 4.69) is 5.32 Å². The molecule has 0 radical (unpaired) electrons. The molecule has 1 aromatic rings. The Hall–Kier alpha value is -1.18. The highest BCUT2D eigenvalue weighted by Gasteiger charge is 2.43. The van der Waals surface area contributed by atoms with Gasteiger partial charge in [-0.05, 0) is 43.3 Å². The molecule has 2 fully saturated rings. The fourth-order valence-corrected chi connectivity index (χ4v) is 4.56. The molecule has 7 heteroatoms. The van der Waals surface area contributed by atoms with Crippen LogP contribution in [0.2, 0.25) is 0 Å². The zero-order valence-corrected chi connectivity index (χ0v) is 13.7. The minimum absolute atomic E-state index is 0.230. The highest BCUT2D eigenvalue weighted by molar-refractivity contribution is 7.99. The Morgan fingerprint density at radius 3 is 2.87 bits per heavy atom. The Bertz CT molecular complexity index is 608. The number of likely N-dealkylation sites (tertiary alicyclic amines) is 1. The third-order valence-electron chi connectivity index (χ3n) is 4.67. The summed E-state index contributed by atoms with van der Waals surface area (Å²) in [6, 6.07) is 3.38. The van der Waals surface area contributed by atoms with E-state index >= 15 is 0 Å². The standard InChI is InChI=1S/C16H20F2N2O2S/c1-20-6-4-13(19-15(21)16(22)5-7-23-9-16)14(20)10-2-3-11(17)12(18)8-10/h2-3,8,13-14,22H,4-7,9H2,1H3,(H,19,21). The summed E-state index contributed by atoms with van der Waals surface area (Å²) in [6.45, 7) is 0.738. The van der Waals surface area contributed by atoms with Gasteiger partial charge in [0.1, 0.15) is 0 Å². The van der Waals surface area contributed by atoms with Crippen molar-refractivity contribution in [1.29, 1.82) is 0 Å². The van der Waals surface area contributed by atoms with Crippen LogP contribution in [-0.4, -0.2) is 52.7 Å². The Morgan fingerprint density at radius 1 is 1.43 bits per heavy atom. The number of benzene rings is 1. The second kappa shape index (κ2) is 6.37. The van der Waals surface area contributed by atoms with Gasteiger partial charge in [0.25, 0.3) is 5.91 Å². The van der Waals surface area contributed by atoms with Gasteiger partial charge >= 0.3 is 0 Å². The Morgan fingerprint density at radius 2 is 2.22 bits per heavy atom. The molecular weight excluding hydrogens is 322 g/mol. The van der Waals surface area contributed by atoms with Crippen molar-refractivity contribution in [1.82, 2.24) is 10.2 Å². The minimum atomic E-state index is -1.32. The van der Waals surface area contributed by atoms with Crippen molar-refractivity contribution in [2.75, 3.05) is 25.1 Å². The molecule has 0 spiro atoms. The maximum absolute atomic E-state index is 13.5. The SMILES string of the molecule is CN1CCC(NC(=O)C2(O)CCSC2)C1c1ccc(F)c(F)c1. The number of aliphatic hydroxyl groups is 1. The van der Waals surface area contributed by atoms with Gasteiger partial charge in [0, 0.05) is 18.3 Å². The molecule has 0 aromatic heterocycles. The van der Waals surface area contributed by atoms with Gasteiger partial charge in [0.15, 0.2) is 17.2 Å². The smallest absolute Gasteiger partial charge is 0.253 e. The summed E-state index contributed by atoms with van der Waals surface area (Å²) in [5.74, 6) is -0.973. The van der Waals surface area contributed by atoms with E-state index in [9.17, 15) is 18.7 Å². The zero-order chi connectivity index (χ0) is 16.6. The van der Waals surface area contributed by atoms with E-state index in [0.717, 1.165) is 18.4 Å². The van der Waals surface area contributed by atoms with Crippen LogP contribution in [0, 0.1) is 11.6 Å². The molecule has 3 atom stereocenters. The van der Waals surface area contributed by atoms with E-state index < -0.39 is 17.2 Å². The second-order valence-corrected chi connectivity index (χ2v) is 7.41. The number of halogens is 2. The van der Waals surface area contributed by atoms with Crippen molar-refractivity contribution in [3.05, 3.63) is 35.4 Å². The summed E-state index contributed by atoms with van der Waals surface area (Å²) in [6.07, 6.45) is 1.15. The van der Waals surface area contributed by atoms with Crippen molar-refractivity contribution in [3.8, 4) is 0 Å². The first-order valence-corrected chi connectivity index (χ1v) is 8.82. The molecule has 1 amide bonds. The maximum atomic E-state index is 13.5. The third-order valence-corrected chi connectivity index (χ3v) is 5.85. The number of likely N-dealkylation sites (N-methyl/N-ethyl adjacent to an activating group) is 1. The van der Waals surface area contributed by atoms with Crippen LogP contribution in [0.25, 0.3) is 0 Å². The molecule has 3 unspecified atom stereocenters. The lowest BCUT2D eigenvalue weighted by Crippen LogP contribution is -2.51. The fraction of sp³-hybridized carbons (Fsp3) is 0.562. The predicted molar refractivity (Wildman–Crippen MR) is 85.2 cm³/mol. The third kappa shape index (κ3) is 3.22. The van der Waals surface area contributed by atoms with Crippen LogP contribution in [0.3, 0.4) is 0 Å². The largest absolute Gasteiger partial charge is 0.379 e. The van der Waals surface area contributed by atoms with E-state index in [1.165, 1.54) is 6.07 Å². The first kappa shape index (κ1) is 16.7. The summed E-state index contributed by atoms with van der Waals surface area (Å²) >= 11 is 1.56. The topological polar surface area (TPSA) is 52.6 Å². The number of rotatable bonds is 3. The average molecular weight is 342 g/mol. The lowest BCUT2D eigenvalue weighted by Gasteiger charge is -2.29. The predicted octanol–water partition coefficient (Wildman–Crippen LogP) is 1.69. The summed E-state index contributed by atoms with van der Waals surface area (Å²) in [5.41, 5.74) is -0.688. The molecule has 0 aliphatic carbocycles. The Balaban J connectivity index is 1.78. The van der Waals surface area contributed by atoms with Crippen LogP contribution in [-0.2, 0) is 4.79 Å². The van der Waals surface area contributed by atoms with Crippen molar-refractivity contribution < 1.29 is 18.7 Å². The molecule has 2 saturated heterocycles. The van der Waals surface area contributed by atoms with E-state index in [-0.39, 0.29) is 18.0 Å². The molecule has 2 N–H and O–H groups in total. The number of nitrogens with one attached hydrogen (secondary N) is 1. The van der Waals surface area contributed by atoms with Crippen molar-refractivity contribution in [3.63, 3.8) is 0 Å². The number of thioether (sulfide) groups is 1. The van der Waals surface area contributed by atoms with E-state index in [4.69, 9.17) is 0 Å². The van der Waals surface area contributed by atoms with E-state index in [0.29, 0.717) is 24.2 Å². The molecule has 1 aromatic carbocycles. The van der Waals surface area contributed by atoms with E-state index in [1.54, 1.807) is 17.8 Å². The molecule has 2 aliphatic heterocycles. The van der Waals surface area contributed by atoms with Crippen LogP contribution in [0.15, 0.2) is 18.2 Å². The second-order valence-electron chi connectivity index (χ2n) is 6.30. The molecule has 126 valence electrons. The first-order valence-electron chi connectivity index (χ1n) is 7.67. The van der Waals surface area contributed by atoms with Gasteiger partial charge in [-0.25, -0.2) is 8.78 Å². The van der Waals surface area contributed by atoms with Crippen LogP contribution in [0.1, 0.15) is 24.4 Å². The van der Waals surface area contributed by atoms with Gasteiger partial charge < -0.3 is 10.4 Å². The van der Waals surface area contributed by atoms with Crippen LogP contribution in [0.5, 0.6) is 0 Å². The van der Waals surface area contributed by atoms with Gasteiger partial charge in [-0.2, -0.15) is 11.8 Å². The zero-order valence-electron chi connectivity index (χ0n) is 12.9. The molecule has 23 heavy (non-hydrogen) atoms. The monoisotopic (exact) mass is 342 g/mol. The van der Waals surface area contributed by atoms with Crippen molar-refractivity contribution in [2.45, 2.75) is 30.5 Å². The normalized spacial score (nSPS) is 31.5. The Labute approximate surface area is 138 Å². The summed E-state index contributed by atoms with van der Waals surface area (Å²) in [4.78, 5) is 14.4. The van der Waals surface area contributed by atoms with Gasteiger partial charge in [-0.15, -0.1) is 0 Å². The molecule has 0 saturated carbocycles. The van der Waals surface area contributed by atoms with Crippen LogP contribution < -0.4 is 5.32 Å². The summed E-state index contributed by atoms with van der Waals surface area (Å²) in [5, 5.41) is 13.3. The molecular formula is C16H20F2N2O2S. The highest BCUT2D eigenvalue weighted by Crippen LogP contribution is 2.33. The molecule has 3 rings (SSSR count). The molecule has 2 aliphatic rings. The van der Waals surface area contributed by atoms with Gasteiger partial charge in [-0.1, -0.05) is 6.07 Å². The van der Waals surface area contributed by atoms with Gasteiger partial charge in [0.2, 0.25) is 0 Å². The van der Waals surface area contributed by atoms with E-state index in [1.807, 2.05) is 11.9 Å². The Kier molecular flexibility index (Phi) is 4.62. The van der Waals surface area contributed by atoms with Crippen LogP contribution in [0.4, 0.5) is 8.78 Å². The van der Waals surface area contributed by atoms with Crippen LogP contribution >= 0.6 is 11.8 Å². The lowest BCUT2D eigenvalue weighted by atomic mass is 9.97. The maximum Gasteiger partial charge on any atom is 0.253 e. The minimum Gasteiger partial charge on any atom is -0.379 e. The number of hydrogen-bond acceptors (Lipinski definition) is 4. The van der Waals surface area contributed by atoms with Gasteiger partial charge in [-0.3, -0.25) is 9.69 Å². The van der Waals surface area contributed by atoms with Crippen molar-refractivity contribution >= 4 is 17.7 Å². The number of nitrogens with zero attached hydrogens (tertiary/aromatic N) is 1. The molecule has 4 nitrogen and oxygen atoms in total. The number of amides is 1. The molecule has 0 bridgehead atoms. The number of carbonyl (C=O) groups is 1. The number of hydrogen-bond donors (Lipinski definition) is 2. The summed E-state index contributed by atoms with van der Waals surface area (Å²) < 4.78 is 26.7. The van der Waals surface area contributed by atoms with Crippen molar-refractivity contribution in [2.24, 2.45) is 0 Å². The lowest BCUT2D eigenvalue weighted by molar-refractivity contribution is -0.138.